The molecule has 0 radical (unpaired) electrons. The van der Waals surface area contributed by atoms with Crippen molar-refractivity contribution >= 4 is 28.8 Å². The van der Waals surface area contributed by atoms with Crippen molar-refractivity contribution in [3.05, 3.63) is 52.5 Å². The lowest BCUT2D eigenvalue weighted by Gasteiger charge is -2.30. The molecule has 1 aromatic carbocycles. The van der Waals surface area contributed by atoms with Crippen molar-refractivity contribution in [3.8, 4) is 0 Å². The van der Waals surface area contributed by atoms with Crippen molar-refractivity contribution in [1.29, 1.82) is 0 Å². The van der Waals surface area contributed by atoms with E-state index in [1.165, 1.54) is 12.1 Å². The first-order valence-electron chi connectivity index (χ1n) is 10.2. The van der Waals surface area contributed by atoms with E-state index in [0.29, 0.717) is 32.6 Å². The molecule has 5 nitrogen and oxygen atoms in total. The highest BCUT2D eigenvalue weighted by atomic mass is 32.1. The predicted octanol–water partition coefficient (Wildman–Crippen LogP) is 3.16. The van der Waals surface area contributed by atoms with E-state index in [1.807, 2.05) is 22.4 Å². The van der Waals surface area contributed by atoms with Crippen LogP contribution in [0.2, 0.25) is 0 Å². The molecule has 0 saturated carbocycles. The third-order valence-electron chi connectivity index (χ3n) is 5.76. The highest BCUT2D eigenvalue weighted by Gasteiger charge is 2.36. The molecule has 0 N–H and O–H groups in total. The third-order valence-corrected chi connectivity index (χ3v) is 6.64. The minimum absolute atomic E-state index is 0.0473. The molecule has 1 aromatic heterocycles. The average molecular weight is 416 g/mol. The molecule has 2 fully saturated rings. The number of likely N-dealkylation sites (tertiary alicyclic amines) is 1. The summed E-state index contributed by atoms with van der Waals surface area (Å²) in [5.41, 5.74) is 0.981. The highest BCUT2D eigenvalue weighted by Crippen LogP contribution is 2.23. The fraction of sp³-hybridized carbons (Fsp3) is 0.455. The zero-order valence-electron chi connectivity index (χ0n) is 16.4. The number of halogens is 1. The largest absolute Gasteiger partial charge is 0.370 e. The lowest BCUT2D eigenvalue weighted by molar-refractivity contribution is -0.143. The summed E-state index contributed by atoms with van der Waals surface area (Å²) in [6, 6.07) is 10.1. The minimum atomic E-state index is -0.333. The number of nitrogens with zero attached hydrogens (tertiary/aromatic N) is 3. The Morgan fingerprint density at radius 2 is 1.83 bits per heavy atom. The van der Waals surface area contributed by atoms with Crippen molar-refractivity contribution in [2.75, 3.05) is 37.6 Å². The Labute approximate surface area is 174 Å². The molecule has 3 heterocycles. The average Bonchev–Trinajstić information content (AvgIpc) is 3.35. The first-order valence-corrected chi connectivity index (χ1v) is 11.1. The number of rotatable bonds is 4. The van der Waals surface area contributed by atoms with Crippen LogP contribution in [0.5, 0.6) is 0 Å². The summed E-state index contributed by atoms with van der Waals surface area (Å²) in [6.07, 6.45) is 2.86. The molecule has 2 aromatic rings. The number of carbonyl (C=O) groups excluding carboxylic acids is 2. The first kappa shape index (κ1) is 19.9. The van der Waals surface area contributed by atoms with Crippen molar-refractivity contribution in [2.45, 2.75) is 31.7 Å². The van der Waals surface area contributed by atoms with Crippen LogP contribution in [0.15, 0.2) is 41.8 Å². The molecule has 1 atom stereocenters. The van der Waals surface area contributed by atoms with Gasteiger partial charge in [0, 0.05) is 43.3 Å². The van der Waals surface area contributed by atoms with Gasteiger partial charge >= 0.3 is 0 Å². The van der Waals surface area contributed by atoms with Crippen LogP contribution in [0, 0.1) is 5.82 Å². The molecular formula is C22H26FN3O2S. The maximum Gasteiger partial charge on any atom is 0.245 e. The summed E-state index contributed by atoms with van der Waals surface area (Å²) in [4.78, 5) is 32.9. The second-order valence-corrected chi connectivity index (χ2v) is 8.68. The Hall–Kier alpha value is -2.41. The molecule has 2 aliphatic rings. The van der Waals surface area contributed by atoms with Gasteiger partial charge in [0.05, 0.1) is 6.42 Å². The molecule has 2 amide bonds. The summed E-state index contributed by atoms with van der Waals surface area (Å²) >= 11 is 1.58. The maximum atomic E-state index is 13.2. The van der Waals surface area contributed by atoms with Crippen molar-refractivity contribution in [2.24, 2.45) is 0 Å². The normalized spacial score (nSPS) is 20.0. The van der Waals surface area contributed by atoms with Gasteiger partial charge in [0.25, 0.3) is 0 Å². The van der Waals surface area contributed by atoms with Gasteiger partial charge in [-0.25, -0.2) is 4.39 Å². The van der Waals surface area contributed by atoms with Crippen molar-refractivity contribution < 1.29 is 14.0 Å². The Kier molecular flexibility index (Phi) is 6.13. The zero-order valence-corrected chi connectivity index (χ0v) is 17.2. The second kappa shape index (κ2) is 8.95. The summed E-state index contributed by atoms with van der Waals surface area (Å²) in [7, 11) is 0. The van der Waals surface area contributed by atoms with Crippen LogP contribution in [-0.2, 0) is 16.0 Å². The molecular weight excluding hydrogens is 389 g/mol. The molecule has 154 valence electrons. The Bertz CT molecular complexity index is 840. The molecule has 0 bridgehead atoms. The van der Waals surface area contributed by atoms with Gasteiger partial charge in [0.15, 0.2) is 0 Å². The quantitative estimate of drug-likeness (QED) is 0.771. The Morgan fingerprint density at radius 3 is 2.59 bits per heavy atom. The molecule has 29 heavy (non-hydrogen) atoms. The number of thiophene rings is 1. The molecule has 0 spiro atoms. The number of carbonyl (C=O) groups is 2. The third kappa shape index (κ3) is 4.61. The molecule has 2 aliphatic heterocycles. The van der Waals surface area contributed by atoms with Gasteiger partial charge < -0.3 is 14.7 Å². The van der Waals surface area contributed by atoms with E-state index in [9.17, 15) is 14.0 Å². The summed E-state index contributed by atoms with van der Waals surface area (Å²) in [5, 5.41) is 1.97. The Balaban J connectivity index is 1.38. The lowest BCUT2D eigenvalue weighted by atomic mass is 10.1. The number of amides is 2. The lowest BCUT2D eigenvalue weighted by Crippen LogP contribution is -2.49. The van der Waals surface area contributed by atoms with Crippen molar-refractivity contribution in [1.82, 2.24) is 9.80 Å². The SMILES string of the molecule is O=C(C1CCCN1C(=O)Cc1cccs1)N1CCCN(c2ccc(F)cc2)CC1. The van der Waals surface area contributed by atoms with E-state index >= 15 is 0 Å². The fourth-order valence-electron chi connectivity index (χ4n) is 4.24. The van der Waals surface area contributed by atoms with Gasteiger partial charge in [-0.05, 0) is 55.0 Å². The van der Waals surface area contributed by atoms with Crippen LogP contribution in [0.3, 0.4) is 0 Å². The number of benzene rings is 1. The van der Waals surface area contributed by atoms with Crippen LogP contribution in [-0.4, -0.2) is 60.4 Å². The molecule has 7 heteroatoms. The van der Waals surface area contributed by atoms with E-state index in [4.69, 9.17) is 0 Å². The summed E-state index contributed by atoms with van der Waals surface area (Å²) in [5.74, 6) is -0.122. The number of hydrogen-bond acceptors (Lipinski definition) is 4. The smallest absolute Gasteiger partial charge is 0.245 e. The number of hydrogen-bond donors (Lipinski definition) is 0. The van der Waals surface area contributed by atoms with E-state index in [1.54, 1.807) is 28.4 Å². The first-order chi connectivity index (χ1) is 14.1. The van der Waals surface area contributed by atoms with E-state index in [0.717, 1.165) is 36.4 Å². The monoisotopic (exact) mass is 415 g/mol. The summed E-state index contributed by atoms with van der Waals surface area (Å²) < 4.78 is 13.2. The zero-order chi connectivity index (χ0) is 20.2. The van der Waals surface area contributed by atoms with Gasteiger partial charge in [-0.3, -0.25) is 9.59 Å². The van der Waals surface area contributed by atoms with Gasteiger partial charge in [-0.15, -0.1) is 11.3 Å². The van der Waals surface area contributed by atoms with Crippen molar-refractivity contribution in [3.63, 3.8) is 0 Å². The second-order valence-electron chi connectivity index (χ2n) is 7.64. The van der Waals surface area contributed by atoms with Crippen LogP contribution in [0.1, 0.15) is 24.1 Å². The van der Waals surface area contributed by atoms with Gasteiger partial charge in [0.2, 0.25) is 11.8 Å². The maximum absolute atomic E-state index is 13.2. The Morgan fingerprint density at radius 1 is 1.00 bits per heavy atom. The highest BCUT2D eigenvalue weighted by molar-refractivity contribution is 7.10. The van der Waals surface area contributed by atoms with Crippen LogP contribution in [0.4, 0.5) is 10.1 Å². The number of anilines is 1. The van der Waals surface area contributed by atoms with Crippen LogP contribution < -0.4 is 4.90 Å². The fourth-order valence-corrected chi connectivity index (χ4v) is 4.94. The molecule has 1 unspecified atom stereocenters. The van der Waals surface area contributed by atoms with E-state index in [2.05, 4.69) is 4.90 Å². The van der Waals surface area contributed by atoms with Gasteiger partial charge in [-0.2, -0.15) is 0 Å². The van der Waals surface area contributed by atoms with Gasteiger partial charge in [0.1, 0.15) is 11.9 Å². The van der Waals surface area contributed by atoms with Crippen LogP contribution in [0.25, 0.3) is 0 Å². The standard InChI is InChI=1S/C22H26FN3O2S/c23-17-6-8-18(9-7-17)24-10-3-11-25(14-13-24)22(28)20-5-1-12-26(20)21(27)16-19-4-2-15-29-19/h2,4,6-9,15,20H,1,3,5,10-14,16H2. The predicted molar refractivity (Wildman–Crippen MR) is 113 cm³/mol. The summed E-state index contributed by atoms with van der Waals surface area (Å²) in [6.45, 7) is 3.53. The van der Waals surface area contributed by atoms with E-state index in [-0.39, 0.29) is 23.7 Å². The minimum Gasteiger partial charge on any atom is -0.370 e. The topological polar surface area (TPSA) is 43.9 Å². The van der Waals surface area contributed by atoms with E-state index < -0.39 is 0 Å². The van der Waals surface area contributed by atoms with Gasteiger partial charge in [-0.1, -0.05) is 6.07 Å². The molecule has 2 saturated heterocycles. The molecule has 0 aliphatic carbocycles. The molecule has 4 rings (SSSR count). The van der Waals surface area contributed by atoms with Crippen LogP contribution >= 0.6 is 11.3 Å².